The number of pyridine rings is 2. The van der Waals surface area contributed by atoms with E-state index >= 15 is 0 Å². The van der Waals surface area contributed by atoms with E-state index in [0.29, 0.717) is 10.6 Å². The fraction of sp³-hybridized carbons (Fsp3) is 0.148. The molecule has 0 radical (unpaired) electrons. The third kappa shape index (κ3) is 5.46. The monoisotopic (exact) mass is 548 g/mol. The van der Waals surface area contributed by atoms with Gasteiger partial charge in [-0.2, -0.15) is 0 Å². The predicted octanol–water partition coefficient (Wildman–Crippen LogP) is 3.78. The molecule has 9 nitrogen and oxygen atoms in total. The van der Waals surface area contributed by atoms with Crippen LogP contribution < -0.4 is 16.2 Å². The van der Waals surface area contributed by atoms with Crippen molar-refractivity contribution in [1.82, 2.24) is 30.2 Å². The fourth-order valence-corrected chi connectivity index (χ4v) is 5.12. The standard InChI is InChI=1S/C27H22F2N6O3S/c1-30-23(36)11-21(26-33-13-22(39-26)18-12-32-24-16(18)4-2-8-31-24)34-25(37)17-5-3-9-35(27(17)38)14-15-6-7-19(28)20(29)10-15/h2-10,12-13,21H,11,14H2,1H3,(H,30,36)(H,31,32)(H,34,37). The smallest absolute Gasteiger partial charge is 0.263 e. The third-order valence-corrected chi connectivity index (χ3v) is 7.26. The number of aromatic nitrogens is 4. The summed E-state index contributed by atoms with van der Waals surface area (Å²) in [5.74, 6) is -3.04. The predicted molar refractivity (Wildman–Crippen MR) is 142 cm³/mol. The molecule has 5 rings (SSSR count). The van der Waals surface area contributed by atoms with Crippen LogP contribution in [0.15, 0.2) is 72.0 Å². The Labute approximate surface area is 224 Å². The zero-order valence-electron chi connectivity index (χ0n) is 20.6. The number of H-pyrrole nitrogens is 1. The van der Waals surface area contributed by atoms with Gasteiger partial charge in [0.1, 0.15) is 16.2 Å². The van der Waals surface area contributed by atoms with Gasteiger partial charge in [0.05, 0.1) is 23.9 Å². The second-order valence-corrected chi connectivity index (χ2v) is 9.73. The molecule has 0 saturated carbocycles. The van der Waals surface area contributed by atoms with E-state index in [0.717, 1.165) is 33.6 Å². The molecule has 0 bridgehead atoms. The van der Waals surface area contributed by atoms with Gasteiger partial charge in [0.2, 0.25) is 5.91 Å². The van der Waals surface area contributed by atoms with Crippen molar-refractivity contribution in [3.05, 3.63) is 105 Å². The first-order valence-corrected chi connectivity index (χ1v) is 12.7. The van der Waals surface area contributed by atoms with E-state index in [-0.39, 0.29) is 24.4 Å². The summed E-state index contributed by atoms with van der Waals surface area (Å²) in [4.78, 5) is 51.3. The molecule has 12 heteroatoms. The zero-order valence-corrected chi connectivity index (χ0v) is 21.4. The molecule has 39 heavy (non-hydrogen) atoms. The van der Waals surface area contributed by atoms with Crippen LogP contribution in [-0.2, 0) is 11.3 Å². The first-order valence-electron chi connectivity index (χ1n) is 11.9. The van der Waals surface area contributed by atoms with Gasteiger partial charge in [-0.3, -0.25) is 14.4 Å². The minimum atomic E-state index is -1.03. The summed E-state index contributed by atoms with van der Waals surface area (Å²) in [6.07, 6.45) is 6.52. The van der Waals surface area contributed by atoms with Crippen molar-refractivity contribution in [3.63, 3.8) is 0 Å². The van der Waals surface area contributed by atoms with Crippen LogP contribution in [0, 0.1) is 11.6 Å². The number of thiazole rings is 1. The molecule has 1 unspecified atom stereocenters. The second kappa shape index (κ2) is 11.0. The highest BCUT2D eigenvalue weighted by atomic mass is 32.1. The van der Waals surface area contributed by atoms with Gasteiger partial charge in [-0.15, -0.1) is 11.3 Å². The number of benzene rings is 1. The molecule has 4 heterocycles. The van der Waals surface area contributed by atoms with Gasteiger partial charge in [0.25, 0.3) is 11.5 Å². The van der Waals surface area contributed by atoms with Gasteiger partial charge >= 0.3 is 0 Å². The molecule has 0 fully saturated rings. The Balaban J connectivity index is 1.41. The number of aromatic amines is 1. The number of carbonyl (C=O) groups is 2. The number of fused-ring (bicyclic) bond motifs is 1. The van der Waals surface area contributed by atoms with Crippen LogP contribution >= 0.6 is 11.3 Å². The molecule has 0 aliphatic carbocycles. The van der Waals surface area contributed by atoms with Crippen molar-refractivity contribution >= 4 is 34.2 Å². The van der Waals surface area contributed by atoms with Crippen LogP contribution in [0.4, 0.5) is 8.78 Å². The SMILES string of the molecule is CNC(=O)CC(NC(=O)c1cccn(Cc2ccc(F)c(F)c2)c1=O)c1ncc(-c2c[nH]c3ncccc23)s1. The average Bonchev–Trinajstić information content (AvgIpc) is 3.59. The minimum Gasteiger partial charge on any atom is -0.359 e. The average molecular weight is 549 g/mol. The highest BCUT2D eigenvalue weighted by Gasteiger charge is 2.24. The Morgan fingerprint density at radius 1 is 1.13 bits per heavy atom. The summed E-state index contributed by atoms with van der Waals surface area (Å²) in [5.41, 5.74) is 1.18. The van der Waals surface area contributed by atoms with Gasteiger partial charge in [-0.05, 0) is 42.0 Å². The minimum absolute atomic E-state index is 0.0614. The quantitative estimate of drug-likeness (QED) is 0.273. The summed E-state index contributed by atoms with van der Waals surface area (Å²) in [5, 5.41) is 6.70. The maximum Gasteiger partial charge on any atom is 0.263 e. The number of carbonyl (C=O) groups excluding carboxylic acids is 2. The highest BCUT2D eigenvalue weighted by Crippen LogP contribution is 2.34. The van der Waals surface area contributed by atoms with Crippen LogP contribution in [0.25, 0.3) is 21.5 Å². The first kappa shape index (κ1) is 25.9. The lowest BCUT2D eigenvalue weighted by molar-refractivity contribution is -0.121. The maximum atomic E-state index is 13.6. The number of halogens is 2. The Kier molecular flexibility index (Phi) is 7.28. The normalized spacial score (nSPS) is 11.9. The molecule has 0 aliphatic heterocycles. The van der Waals surface area contributed by atoms with E-state index in [1.54, 1.807) is 12.4 Å². The van der Waals surface area contributed by atoms with Crippen molar-refractivity contribution in [1.29, 1.82) is 0 Å². The van der Waals surface area contributed by atoms with E-state index in [2.05, 4.69) is 25.6 Å². The zero-order chi connectivity index (χ0) is 27.5. The van der Waals surface area contributed by atoms with Crippen molar-refractivity contribution in [3.8, 4) is 10.4 Å². The maximum absolute atomic E-state index is 13.6. The molecule has 2 amide bonds. The Morgan fingerprint density at radius 2 is 1.97 bits per heavy atom. The molecule has 1 atom stereocenters. The molecule has 4 aromatic heterocycles. The number of hydrogen-bond donors (Lipinski definition) is 3. The highest BCUT2D eigenvalue weighted by molar-refractivity contribution is 7.15. The van der Waals surface area contributed by atoms with Crippen LogP contribution in [0.2, 0.25) is 0 Å². The van der Waals surface area contributed by atoms with Crippen molar-refractivity contribution in [2.75, 3.05) is 7.05 Å². The second-order valence-electron chi connectivity index (χ2n) is 8.67. The number of amides is 2. The lowest BCUT2D eigenvalue weighted by Gasteiger charge is -2.16. The van der Waals surface area contributed by atoms with Crippen LogP contribution in [0.1, 0.15) is 33.4 Å². The molecule has 3 N–H and O–H groups in total. The molecule has 198 valence electrons. The number of nitrogens with one attached hydrogen (secondary N) is 3. The Bertz CT molecular complexity index is 1740. The van der Waals surface area contributed by atoms with E-state index in [1.165, 1.54) is 47.3 Å². The molecular weight excluding hydrogens is 526 g/mol. The van der Waals surface area contributed by atoms with Crippen LogP contribution in [0.3, 0.4) is 0 Å². The summed E-state index contributed by atoms with van der Waals surface area (Å²) < 4.78 is 28.1. The van der Waals surface area contributed by atoms with Gasteiger partial charge < -0.3 is 20.2 Å². The van der Waals surface area contributed by atoms with Gasteiger partial charge in [0, 0.05) is 42.8 Å². The molecule has 0 spiro atoms. The largest absolute Gasteiger partial charge is 0.359 e. The van der Waals surface area contributed by atoms with Gasteiger partial charge in [-0.1, -0.05) is 6.07 Å². The van der Waals surface area contributed by atoms with E-state index < -0.39 is 29.1 Å². The topological polar surface area (TPSA) is 122 Å². The summed E-state index contributed by atoms with van der Waals surface area (Å²) in [7, 11) is 1.49. The molecule has 5 aromatic rings. The number of nitrogens with zero attached hydrogens (tertiary/aromatic N) is 3. The Hall–Kier alpha value is -4.71. The van der Waals surface area contributed by atoms with E-state index in [1.807, 2.05) is 18.3 Å². The number of rotatable bonds is 8. The first-order chi connectivity index (χ1) is 18.8. The van der Waals surface area contributed by atoms with Crippen LogP contribution in [-0.4, -0.2) is 38.4 Å². The van der Waals surface area contributed by atoms with Crippen LogP contribution in [0.5, 0.6) is 0 Å². The summed E-state index contributed by atoms with van der Waals surface area (Å²) >= 11 is 1.31. The van der Waals surface area contributed by atoms with Crippen molar-refractivity contribution < 1.29 is 18.4 Å². The molecule has 0 saturated heterocycles. The van der Waals surface area contributed by atoms with Crippen molar-refractivity contribution in [2.45, 2.75) is 19.0 Å². The van der Waals surface area contributed by atoms with Gasteiger partial charge in [0.15, 0.2) is 11.6 Å². The fourth-order valence-electron chi connectivity index (χ4n) is 4.13. The van der Waals surface area contributed by atoms with Crippen molar-refractivity contribution in [2.24, 2.45) is 0 Å². The van der Waals surface area contributed by atoms with Gasteiger partial charge in [-0.25, -0.2) is 18.7 Å². The molecule has 0 aliphatic rings. The summed E-state index contributed by atoms with van der Waals surface area (Å²) in [6, 6.07) is 9.16. The van der Waals surface area contributed by atoms with E-state index in [4.69, 9.17) is 0 Å². The number of hydrogen-bond acceptors (Lipinski definition) is 6. The lowest BCUT2D eigenvalue weighted by Crippen LogP contribution is -2.37. The van der Waals surface area contributed by atoms with E-state index in [9.17, 15) is 23.2 Å². The lowest BCUT2D eigenvalue weighted by atomic mass is 10.1. The Morgan fingerprint density at radius 3 is 2.77 bits per heavy atom. The molecule has 1 aromatic carbocycles. The summed E-state index contributed by atoms with van der Waals surface area (Å²) in [6.45, 7) is -0.0614. The third-order valence-electron chi connectivity index (χ3n) is 6.11. The molecular formula is C27H22F2N6O3S.